The zero-order valence-corrected chi connectivity index (χ0v) is 17.6. The maximum Gasteiger partial charge on any atom is 0.287 e. The van der Waals surface area contributed by atoms with Gasteiger partial charge in [-0.05, 0) is 42.2 Å². The van der Waals surface area contributed by atoms with Crippen LogP contribution in [0.1, 0.15) is 24.0 Å². The Morgan fingerprint density at radius 1 is 1.06 bits per heavy atom. The van der Waals surface area contributed by atoms with Gasteiger partial charge in [0.25, 0.3) is 5.91 Å². The number of pyridine rings is 1. The van der Waals surface area contributed by atoms with Crippen LogP contribution in [0.3, 0.4) is 0 Å². The number of nitrogens with zero attached hydrogens (tertiary/aromatic N) is 2. The zero-order valence-electron chi connectivity index (χ0n) is 17.6. The van der Waals surface area contributed by atoms with Crippen LogP contribution < -0.4 is 11.1 Å². The average Bonchev–Trinajstić information content (AvgIpc) is 2.83. The average molecular weight is 434 g/mol. The maximum atomic E-state index is 12.8. The first kappa shape index (κ1) is 22.9. The number of nitrogens with one attached hydrogen (secondary N) is 1. The largest absolute Gasteiger partial charge is 0.363 e. The molecule has 3 N–H and O–H groups in total. The van der Waals surface area contributed by atoms with Gasteiger partial charge in [-0.1, -0.05) is 30.3 Å². The van der Waals surface area contributed by atoms with Gasteiger partial charge in [0.2, 0.25) is 17.6 Å². The lowest BCUT2D eigenvalue weighted by Crippen LogP contribution is -2.50. The van der Waals surface area contributed by atoms with Gasteiger partial charge in [0.05, 0.1) is 0 Å². The Bertz CT molecular complexity index is 984. The van der Waals surface area contributed by atoms with Crippen LogP contribution in [0.4, 0.5) is 0 Å². The number of aromatic nitrogens is 1. The zero-order chi connectivity index (χ0) is 22.9. The molecule has 166 valence electrons. The number of primary amides is 1. The first-order valence-electron chi connectivity index (χ1n) is 10.5. The Kier molecular flexibility index (Phi) is 7.85. The van der Waals surface area contributed by atoms with E-state index in [-0.39, 0.29) is 24.2 Å². The normalized spacial score (nSPS) is 15.3. The number of carbonyl (C=O) groups is 4. The van der Waals surface area contributed by atoms with Crippen LogP contribution in [0, 0.1) is 5.92 Å². The molecule has 2 aromatic rings. The fourth-order valence-electron chi connectivity index (χ4n) is 3.63. The summed E-state index contributed by atoms with van der Waals surface area (Å²) in [6, 6.07) is 11.7. The van der Waals surface area contributed by atoms with Crippen molar-refractivity contribution in [2.45, 2.75) is 25.3 Å². The van der Waals surface area contributed by atoms with E-state index in [2.05, 4.69) is 10.3 Å². The molecule has 0 radical (unpaired) electrons. The Labute approximate surface area is 186 Å². The third kappa shape index (κ3) is 6.34. The molecule has 32 heavy (non-hydrogen) atoms. The highest BCUT2D eigenvalue weighted by atomic mass is 16.2. The molecule has 1 aromatic carbocycles. The van der Waals surface area contributed by atoms with Crippen molar-refractivity contribution in [3.63, 3.8) is 0 Å². The van der Waals surface area contributed by atoms with Crippen LogP contribution in [0.2, 0.25) is 0 Å². The monoisotopic (exact) mass is 434 g/mol. The number of hydrogen-bond donors (Lipinski definition) is 2. The molecule has 1 fully saturated rings. The summed E-state index contributed by atoms with van der Waals surface area (Å²) in [6.07, 6.45) is 7.69. The van der Waals surface area contributed by atoms with Gasteiger partial charge in [0, 0.05) is 43.9 Å². The molecule has 1 unspecified atom stereocenters. The minimum absolute atomic E-state index is 0.119. The molecular weight excluding hydrogens is 408 g/mol. The molecule has 3 amide bonds. The van der Waals surface area contributed by atoms with Crippen LogP contribution in [-0.4, -0.2) is 52.5 Å². The maximum absolute atomic E-state index is 12.8. The molecule has 0 saturated carbocycles. The van der Waals surface area contributed by atoms with Crippen molar-refractivity contribution in [1.82, 2.24) is 15.2 Å². The summed E-state index contributed by atoms with van der Waals surface area (Å²) in [4.78, 5) is 54.5. The van der Waals surface area contributed by atoms with Gasteiger partial charge in [-0.15, -0.1) is 0 Å². The second-order valence-corrected chi connectivity index (χ2v) is 7.69. The van der Waals surface area contributed by atoms with Crippen molar-refractivity contribution in [3.05, 3.63) is 72.1 Å². The fraction of sp³-hybridized carbons (Fsp3) is 0.292. The highest BCUT2D eigenvalue weighted by molar-refractivity contribution is 6.37. The van der Waals surface area contributed by atoms with Crippen molar-refractivity contribution in [3.8, 4) is 0 Å². The lowest BCUT2D eigenvalue weighted by molar-refractivity contribution is -0.139. The van der Waals surface area contributed by atoms with E-state index in [1.165, 1.54) is 6.08 Å². The summed E-state index contributed by atoms with van der Waals surface area (Å²) in [5.41, 5.74) is 6.87. The lowest BCUT2D eigenvalue weighted by atomic mass is 9.94. The SMILES string of the molecule is NC(=O)C(=O)C(Cc1ccccc1)NC(=O)C1CCN(C(=O)/C=C/c2ccncc2)CC1. The standard InChI is InChI=1S/C24H26N4O4/c25-23(31)22(30)20(16-18-4-2-1-3-5-18)27-24(32)19-10-14-28(15-11-19)21(29)7-6-17-8-12-26-13-9-17/h1-9,12-13,19-20H,10-11,14-16H2,(H2,25,31)(H,27,32)/b7-6+. The molecule has 0 aliphatic carbocycles. The van der Waals surface area contributed by atoms with Crippen molar-refractivity contribution in [1.29, 1.82) is 0 Å². The van der Waals surface area contributed by atoms with E-state index in [0.29, 0.717) is 25.9 Å². The molecule has 1 atom stereocenters. The number of benzene rings is 1. The fourth-order valence-corrected chi connectivity index (χ4v) is 3.63. The smallest absolute Gasteiger partial charge is 0.287 e. The second kappa shape index (κ2) is 11.0. The number of carbonyl (C=O) groups excluding carboxylic acids is 4. The Morgan fingerprint density at radius 2 is 1.72 bits per heavy atom. The van der Waals surface area contributed by atoms with Crippen molar-refractivity contribution in [2.24, 2.45) is 11.7 Å². The highest BCUT2D eigenvalue weighted by Crippen LogP contribution is 2.18. The highest BCUT2D eigenvalue weighted by Gasteiger charge is 2.31. The molecule has 0 spiro atoms. The summed E-state index contributed by atoms with van der Waals surface area (Å²) in [5.74, 6) is -2.67. The van der Waals surface area contributed by atoms with E-state index in [9.17, 15) is 19.2 Å². The van der Waals surface area contributed by atoms with E-state index in [0.717, 1.165) is 11.1 Å². The molecule has 3 rings (SSSR count). The minimum Gasteiger partial charge on any atom is -0.363 e. The molecule has 1 saturated heterocycles. The second-order valence-electron chi connectivity index (χ2n) is 7.69. The Morgan fingerprint density at radius 3 is 2.34 bits per heavy atom. The number of Topliss-reactive ketones (excluding diaryl/α,β-unsaturated/α-hetero) is 1. The van der Waals surface area contributed by atoms with Crippen molar-refractivity contribution < 1.29 is 19.2 Å². The topological polar surface area (TPSA) is 122 Å². The van der Waals surface area contributed by atoms with Crippen molar-refractivity contribution >= 4 is 29.6 Å². The van der Waals surface area contributed by atoms with E-state index in [4.69, 9.17) is 5.73 Å². The van der Waals surface area contributed by atoms with E-state index in [1.807, 2.05) is 30.3 Å². The molecule has 8 nitrogen and oxygen atoms in total. The first-order chi connectivity index (χ1) is 15.4. The predicted molar refractivity (Wildman–Crippen MR) is 119 cm³/mol. The number of piperidine rings is 1. The molecule has 0 bridgehead atoms. The number of hydrogen-bond acceptors (Lipinski definition) is 5. The van der Waals surface area contributed by atoms with E-state index in [1.54, 1.807) is 35.5 Å². The third-order valence-electron chi connectivity index (χ3n) is 5.46. The summed E-state index contributed by atoms with van der Waals surface area (Å²) >= 11 is 0. The summed E-state index contributed by atoms with van der Waals surface area (Å²) in [5, 5.41) is 2.69. The Hall–Kier alpha value is -3.81. The number of nitrogens with two attached hydrogens (primary N) is 1. The molecule has 1 aliphatic heterocycles. The third-order valence-corrected chi connectivity index (χ3v) is 5.46. The molecular formula is C24H26N4O4. The van der Waals surface area contributed by atoms with Crippen LogP contribution in [-0.2, 0) is 25.6 Å². The van der Waals surface area contributed by atoms with Gasteiger partial charge in [-0.3, -0.25) is 24.2 Å². The van der Waals surface area contributed by atoms with Crippen LogP contribution in [0.15, 0.2) is 60.9 Å². The summed E-state index contributed by atoms with van der Waals surface area (Å²) in [6.45, 7) is 0.870. The van der Waals surface area contributed by atoms with E-state index < -0.39 is 17.7 Å². The molecule has 1 aliphatic rings. The van der Waals surface area contributed by atoms with Crippen LogP contribution in [0.25, 0.3) is 6.08 Å². The summed E-state index contributed by atoms with van der Waals surface area (Å²) in [7, 11) is 0. The number of likely N-dealkylation sites (tertiary alicyclic amines) is 1. The minimum atomic E-state index is -1.08. The van der Waals surface area contributed by atoms with Gasteiger partial charge >= 0.3 is 0 Å². The Balaban J connectivity index is 1.55. The number of ketones is 1. The van der Waals surface area contributed by atoms with Gasteiger partial charge in [0.15, 0.2) is 0 Å². The molecule has 2 heterocycles. The number of rotatable bonds is 8. The molecule has 1 aromatic heterocycles. The van der Waals surface area contributed by atoms with Crippen molar-refractivity contribution in [2.75, 3.05) is 13.1 Å². The predicted octanol–water partition coefficient (Wildman–Crippen LogP) is 1.12. The van der Waals surface area contributed by atoms with Crippen LogP contribution in [0.5, 0.6) is 0 Å². The first-order valence-corrected chi connectivity index (χ1v) is 10.5. The summed E-state index contributed by atoms with van der Waals surface area (Å²) < 4.78 is 0. The van der Waals surface area contributed by atoms with Gasteiger partial charge in [-0.25, -0.2) is 0 Å². The number of amides is 3. The van der Waals surface area contributed by atoms with Crippen LogP contribution >= 0.6 is 0 Å². The molecule has 8 heteroatoms. The van der Waals surface area contributed by atoms with Gasteiger partial charge in [0.1, 0.15) is 6.04 Å². The quantitative estimate of drug-likeness (QED) is 0.476. The lowest BCUT2D eigenvalue weighted by Gasteiger charge is -2.31. The van der Waals surface area contributed by atoms with Gasteiger partial charge in [-0.2, -0.15) is 0 Å². The van der Waals surface area contributed by atoms with Gasteiger partial charge < -0.3 is 16.0 Å². The van der Waals surface area contributed by atoms with E-state index >= 15 is 0 Å².